The molecule has 0 aliphatic carbocycles. The molecule has 1 atom stereocenters. The van der Waals surface area contributed by atoms with Crippen molar-refractivity contribution in [3.8, 4) is 0 Å². The largest absolute Gasteiger partial charge is 0.338 e. The molecule has 7 heteroatoms. The highest BCUT2D eigenvalue weighted by molar-refractivity contribution is 5.95. The molecule has 0 saturated carbocycles. The minimum absolute atomic E-state index is 0.0205. The molecule has 2 aliphatic heterocycles. The maximum atomic E-state index is 13.1. The Bertz CT molecular complexity index is 966. The molecule has 4 heterocycles. The highest BCUT2D eigenvalue weighted by atomic mass is 16.2. The number of nitrogens with zero attached hydrogens (tertiary/aromatic N) is 5. The second-order valence-corrected chi connectivity index (χ2v) is 7.61. The van der Waals surface area contributed by atoms with Gasteiger partial charge in [-0.05, 0) is 40.0 Å². The van der Waals surface area contributed by atoms with E-state index in [1.54, 1.807) is 6.20 Å². The van der Waals surface area contributed by atoms with Gasteiger partial charge in [-0.2, -0.15) is 4.98 Å². The van der Waals surface area contributed by atoms with Crippen LogP contribution in [0.25, 0.3) is 0 Å². The van der Waals surface area contributed by atoms with Crippen LogP contribution in [0.2, 0.25) is 0 Å². The quantitative estimate of drug-likeness (QED) is 0.810. The van der Waals surface area contributed by atoms with Gasteiger partial charge in [0.05, 0.1) is 11.3 Å². The van der Waals surface area contributed by atoms with Crippen LogP contribution in [0.5, 0.6) is 0 Å². The van der Waals surface area contributed by atoms with Crippen molar-refractivity contribution in [3.05, 3.63) is 50.7 Å². The third-order valence-electron chi connectivity index (χ3n) is 5.75. The summed E-state index contributed by atoms with van der Waals surface area (Å²) in [6.45, 7) is 7.80. The number of hydrogen-bond donors (Lipinski definition) is 0. The van der Waals surface area contributed by atoms with E-state index >= 15 is 0 Å². The molecule has 1 saturated heterocycles. The minimum atomic E-state index is -0.121. The van der Waals surface area contributed by atoms with E-state index in [0.29, 0.717) is 23.6 Å². The first-order chi connectivity index (χ1) is 13.0. The van der Waals surface area contributed by atoms with Crippen LogP contribution >= 0.6 is 0 Å². The van der Waals surface area contributed by atoms with Gasteiger partial charge < -0.3 is 9.47 Å². The predicted molar refractivity (Wildman–Crippen MR) is 101 cm³/mol. The Morgan fingerprint density at radius 1 is 1.15 bits per heavy atom. The summed E-state index contributed by atoms with van der Waals surface area (Å²) in [7, 11) is 0. The zero-order valence-corrected chi connectivity index (χ0v) is 16.2. The predicted octanol–water partition coefficient (Wildman–Crippen LogP) is 1.92. The fourth-order valence-corrected chi connectivity index (χ4v) is 4.42. The number of aryl methyl sites for hydroxylation is 3. The molecule has 0 spiro atoms. The van der Waals surface area contributed by atoms with E-state index in [1.807, 2.05) is 25.7 Å². The Hall–Kier alpha value is -2.57. The standard InChI is InChI=1S/C20H25N5O2/c1-12-18(25-9-5-7-17(25)23-19(12)26)15-6-4-8-24(11-15)20(27)16-10-21-14(3)22-13(16)2/h10,15H,4-9,11H2,1-3H3/t15-/m1/s1. The lowest BCUT2D eigenvalue weighted by molar-refractivity contribution is 0.0702. The second kappa shape index (κ2) is 6.87. The number of piperidine rings is 1. The second-order valence-electron chi connectivity index (χ2n) is 7.61. The normalized spacial score (nSPS) is 19.2. The monoisotopic (exact) mass is 367 g/mol. The first-order valence-corrected chi connectivity index (χ1v) is 9.65. The number of carbonyl (C=O) groups is 1. The summed E-state index contributed by atoms with van der Waals surface area (Å²) >= 11 is 0. The number of likely N-dealkylation sites (tertiary alicyclic amines) is 1. The molecule has 27 heavy (non-hydrogen) atoms. The molecule has 0 bridgehead atoms. The van der Waals surface area contributed by atoms with Crippen LogP contribution in [0.15, 0.2) is 11.0 Å². The minimum Gasteiger partial charge on any atom is -0.338 e. The van der Waals surface area contributed by atoms with E-state index in [4.69, 9.17) is 0 Å². The molecular formula is C20H25N5O2. The molecule has 7 nitrogen and oxygen atoms in total. The molecule has 0 unspecified atom stereocenters. The number of carbonyl (C=O) groups excluding carboxylic acids is 1. The van der Waals surface area contributed by atoms with Gasteiger partial charge in [0.2, 0.25) is 0 Å². The smallest absolute Gasteiger partial charge is 0.276 e. The number of fused-ring (bicyclic) bond motifs is 1. The van der Waals surface area contributed by atoms with Gasteiger partial charge in [0.15, 0.2) is 0 Å². The fourth-order valence-electron chi connectivity index (χ4n) is 4.42. The van der Waals surface area contributed by atoms with E-state index in [1.165, 1.54) is 0 Å². The first kappa shape index (κ1) is 17.8. The van der Waals surface area contributed by atoms with Crippen molar-refractivity contribution in [2.24, 2.45) is 0 Å². The van der Waals surface area contributed by atoms with E-state index in [-0.39, 0.29) is 17.4 Å². The maximum Gasteiger partial charge on any atom is 0.276 e. The topological polar surface area (TPSA) is 81.0 Å². The third-order valence-corrected chi connectivity index (χ3v) is 5.75. The van der Waals surface area contributed by atoms with Crippen molar-refractivity contribution in [1.29, 1.82) is 0 Å². The average Bonchev–Trinajstić information content (AvgIpc) is 3.10. The van der Waals surface area contributed by atoms with Crippen LogP contribution in [0, 0.1) is 20.8 Å². The zero-order chi connectivity index (χ0) is 19.1. The van der Waals surface area contributed by atoms with E-state index in [2.05, 4.69) is 19.5 Å². The Labute approximate surface area is 158 Å². The molecule has 142 valence electrons. The summed E-state index contributed by atoms with van der Waals surface area (Å²) in [5, 5.41) is 0. The van der Waals surface area contributed by atoms with Gasteiger partial charge in [0.1, 0.15) is 11.6 Å². The van der Waals surface area contributed by atoms with Gasteiger partial charge >= 0.3 is 0 Å². The molecule has 0 aromatic carbocycles. The van der Waals surface area contributed by atoms with Crippen LogP contribution in [-0.4, -0.2) is 43.4 Å². The average molecular weight is 367 g/mol. The van der Waals surface area contributed by atoms with Crippen LogP contribution < -0.4 is 5.56 Å². The lowest BCUT2D eigenvalue weighted by atomic mass is 9.91. The highest BCUT2D eigenvalue weighted by Crippen LogP contribution is 2.31. The maximum absolute atomic E-state index is 13.1. The van der Waals surface area contributed by atoms with Crippen molar-refractivity contribution in [1.82, 2.24) is 24.4 Å². The van der Waals surface area contributed by atoms with Crippen molar-refractivity contribution >= 4 is 5.91 Å². The van der Waals surface area contributed by atoms with Crippen molar-refractivity contribution in [2.75, 3.05) is 13.1 Å². The molecule has 0 radical (unpaired) electrons. The molecule has 2 aromatic rings. The van der Waals surface area contributed by atoms with E-state index in [9.17, 15) is 9.59 Å². The zero-order valence-electron chi connectivity index (χ0n) is 16.2. The molecule has 2 aliphatic rings. The molecule has 1 amide bonds. The first-order valence-electron chi connectivity index (χ1n) is 9.65. The molecule has 0 N–H and O–H groups in total. The number of rotatable bonds is 2. The van der Waals surface area contributed by atoms with Gasteiger partial charge in [0.25, 0.3) is 11.5 Å². The number of hydrogen-bond acceptors (Lipinski definition) is 5. The molecule has 1 fully saturated rings. The van der Waals surface area contributed by atoms with Gasteiger partial charge in [0, 0.05) is 49.4 Å². The summed E-state index contributed by atoms with van der Waals surface area (Å²) in [5.74, 6) is 1.71. The van der Waals surface area contributed by atoms with Crippen LogP contribution in [0.4, 0.5) is 0 Å². The fraction of sp³-hybridized carbons (Fsp3) is 0.550. The van der Waals surface area contributed by atoms with Gasteiger partial charge in [-0.25, -0.2) is 9.97 Å². The molecular weight excluding hydrogens is 342 g/mol. The lowest BCUT2D eigenvalue weighted by Crippen LogP contribution is -2.41. The highest BCUT2D eigenvalue weighted by Gasteiger charge is 2.31. The van der Waals surface area contributed by atoms with Crippen molar-refractivity contribution in [3.63, 3.8) is 0 Å². The third kappa shape index (κ3) is 3.15. The summed E-state index contributed by atoms with van der Waals surface area (Å²) in [5.41, 5.74) is 2.97. The molecule has 4 rings (SSSR count). The Kier molecular flexibility index (Phi) is 4.53. The van der Waals surface area contributed by atoms with Crippen LogP contribution in [0.1, 0.15) is 64.1 Å². The van der Waals surface area contributed by atoms with Crippen molar-refractivity contribution < 1.29 is 4.79 Å². The lowest BCUT2D eigenvalue weighted by Gasteiger charge is -2.34. The number of aromatic nitrogens is 4. The number of amides is 1. The van der Waals surface area contributed by atoms with Gasteiger partial charge in [-0.3, -0.25) is 9.59 Å². The van der Waals surface area contributed by atoms with Crippen LogP contribution in [0.3, 0.4) is 0 Å². The van der Waals surface area contributed by atoms with Gasteiger partial charge in [-0.15, -0.1) is 0 Å². The van der Waals surface area contributed by atoms with E-state index in [0.717, 1.165) is 55.9 Å². The van der Waals surface area contributed by atoms with Crippen molar-refractivity contribution in [2.45, 2.75) is 58.9 Å². The molecule has 2 aromatic heterocycles. The summed E-state index contributed by atoms with van der Waals surface area (Å²) in [6.07, 6.45) is 5.42. The Morgan fingerprint density at radius 3 is 2.74 bits per heavy atom. The Balaban J connectivity index is 1.65. The summed E-state index contributed by atoms with van der Waals surface area (Å²) < 4.78 is 2.22. The Morgan fingerprint density at radius 2 is 1.96 bits per heavy atom. The SMILES string of the molecule is Cc1ncc(C(=O)N2CCC[C@@H](c3c(C)c(=O)nc4n3CCC4)C2)c(C)n1. The van der Waals surface area contributed by atoms with Gasteiger partial charge in [-0.1, -0.05) is 0 Å². The summed E-state index contributed by atoms with van der Waals surface area (Å²) in [6, 6.07) is 0. The van der Waals surface area contributed by atoms with Crippen LogP contribution in [-0.2, 0) is 13.0 Å². The van der Waals surface area contributed by atoms with E-state index < -0.39 is 0 Å². The summed E-state index contributed by atoms with van der Waals surface area (Å²) in [4.78, 5) is 40.0.